The maximum atomic E-state index is 9.44. The first-order valence-corrected chi connectivity index (χ1v) is 12.7. The number of ketones is 1. The van der Waals surface area contributed by atoms with Gasteiger partial charge in [0.2, 0.25) is 0 Å². The minimum absolute atomic E-state index is 0. The molecule has 1 saturated carbocycles. The summed E-state index contributed by atoms with van der Waals surface area (Å²) >= 11 is 0. The second kappa shape index (κ2) is 35.0. The largest absolute Gasteiger partial charge is 0.379 e. The molecule has 7 heteroatoms. The Labute approximate surface area is 219 Å². The molecule has 1 aliphatic rings. The van der Waals surface area contributed by atoms with Gasteiger partial charge in [0.1, 0.15) is 12.6 Å². The third-order valence-electron chi connectivity index (χ3n) is 3.92. The van der Waals surface area contributed by atoms with Crippen LogP contribution < -0.4 is 16.8 Å². The molecular weight excluding hydrogens is 442 g/mol. The average Bonchev–Trinajstić information content (AvgIpc) is 3.58. The summed E-state index contributed by atoms with van der Waals surface area (Å²) in [6, 6.07) is 0. The van der Waals surface area contributed by atoms with Gasteiger partial charge in [-0.15, -0.1) is 6.58 Å². The fourth-order valence-electron chi connectivity index (χ4n) is 2.08. The summed E-state index contributed by atoms with van der Waals surface area (Å²) in [5.41, 5.74) is 10.8. The van der Waals surface area contributed by atoms with Gasteiger partial charge in [-0.3, -0.25) is 5.32 Å². The molecule has 0 aromatic heterocycles. The molecule has 1 fully saturated rings. The Hall–Kier alpha value is -1.12. The van der Waals surface area contributed by atoms with E-state index in [1.807, 2.05) is 33.6 Å². The third-order valence-corrected chi connectivity index (χ3v) is 3.92. The molecule has 0 spiro atoms. The van der Waals surface area contributed by atoms with Crippen LogP contribution in [0.5, 0.6) is 0 Å². The molecule has 0 saturated heterocycles. The van der Waals surface area contributed by atoms with Crippen molar-refractivity contribution in [3.05, 3.63) is 12.7 Å². The standard InChI is InChI=1S/C12H23NO2.C7H17N.C4H11N.C3H6O.CH2O.CH4/c1-2-7-13-11-15-10-9-14-8-3-4-12-5-6-12;1-3-4-5-7(2)6-8;1-4(2,3)5;1-3(2)4;1-2;/h2,12-13H,1,3-11H2;7H,3-6,8H2,1-2H3;5H2,1-3H3;1-2H3;1H2;1H4/t;7-;;;;/m.0..../s1. The first-order chi connectivity index (χ1) is 16.0. The van der Waals surface area contributed by atoms with Crippen LogP contribution in [0, 0.1) is 11.8 Å². The fraction of sp³-hybridized carbons (Fsp3) is 0.857. The molecule has 0 radical (unpaired) electrons. The normalized spacial score (nSPS) is 12.4. The van der Waals surface area contributed by atoms with Crippen LogP contribution in [0.2, 0.25) is 0 Å². The van der Waals surface area contributed by atoms with Crippen LogP contribution in [0.15, 0.2) is 12.7 Å². The first kappa shape index (κ1) is 43.9. The zero-order chi connectivity index (χ0) is 27.3. The molecule has 1 rings (SSSR count). The summed E-state index contributed by atoms with van der Waals surface area (Å²) in [7, 11) is 0. The minimum atomic E-state index is 0. The highest BCUT2D eigenvalue weighted by Crippen LogP contribution is 2.33. The molecule has 7 nitrogen and oxygen atoms in total. The third kappa shape index (κ3) is 79.3. The second-order valence-corrected chi connectivity index (χ2v) is 9.75. The Bertz CT molecular complexity index is 401. The SMILES string of the molecule is C.C=CCNCOCCOCCCC1CC1.C=O.CC(C)(C)N.CC(C)=O.CCCC[C@H](C)CN. The summed E-state index contributed by atoms with van der Waals surface area (Å²) in [5, 5.41) is 3.06. The Morgan fingerprint density at radius 2 is 1.60 bits per heavy atom. The molecule has 1 atom stereocenters. The molecule has 0 amide bonds. The molecule has 0 unspecified atom stereocenters. The first-order valence-electron chi connectivity index (χ1n) is 12.7. The summed E-state index contributed by atoms with van der Waals surface area (Å²) in [6.45, 7) is 23.5. The molecular formula is C28H63N3O4. The van der Waals surface area contributed by atoms with Crippen LogP contribution >= 0.6 is 0 Å². The lowest BCUT2D eigenvalue weighted by Crippen LogP contribution is -2.26. The molecule has 0 heterocycles. The van der Waals surface area contributed by atoms with Gasteiger partial charge in [-0.25, -0.2) is 0 Å². The highest BCUT2D eigenvalue weighted by atomic mass is 16.5. The van der Waals surface area contributed by atoms with E-state index in [0.29, 0.717) is 19.9 Å². The molecule has 0 aromatic carbocycles. The maximum Gasteiger partial charge on any atom is 0.126 e. The molecule has 0 aromatic rings. The molecule has 1 aliphatic carbocycles. The van der Waals surface area contributed by atoms with E-state index in [4.69, 9.17) is 25.7 Å². The average molecular weight is 506 g/mol. The number of unbranched alkanes of at least 4 members (excludes halogenated alkanes) is 1. The lowest BCUT2D eigenvalue weighted by atomic mass is 10.1. The number of carbonyl (C=O) groups is 2. The lowest BCUT2D eigenvalue weighted by molar-refractivity contribution is -0.115. The summed E-state index contributed by atoms with van der Waals surface area (Å²) < 4.78 is 10.7. The molecule has 0 bridgehead atoms. The van der Waals surface area contributed by atoms with E-state index >= 15 is 0 Å². The number of hydrogen-bond acceptors (Lipinski definition) is 7. The van der Waals surface area contributed by atoms with Crippen LogP contribution in [0.3, 0.4) is 0 Å². The van der Waals surface area contributed by atoms with Gasteiger partial charge in [0, 0.05) is 18.7 Å². The quantitative estimate of drug-likeness (QED) is 0.153. The highest BCUT2D eigenvalue weighted by Gasteiger charge is 2.19. The highest BCUT2D eigenvalue weighted by molar-refractivity contribution is 5.72. The maximum absolute atomic E-state index is 9.44. The zero-order valence-corrected chi connectivity index (χ0v) is 23.6. The van der Waals surface area contributed by atoms with Crippen molar-refractivity contribution < 1.29 is 19.1 Å². The fourth-order valence-corrected chi connectivity index (χ4v) is 2.08. The van der Waals surface area contributed by atoms with Crippen LogP contribution in [0.1, 0.15) is 101 Å². The van der Waals surface area contributed by atoms with Crippen molar-refractivity contribution in [2.45, 2.75) is 106 Å². The van der Waals surface area contributed by atoms with Crippen molar-refractivity contribution >= 4 is 12.6 Å². The Balaban J connectivity index is -0.000000127. The predicted molar refractivity (Wildman–Crippen MR) is 154 cm³/mol. The van der Waals surface area contributed by atoms with Crippen LogP contribution in [-0.2, 0) is 19.1 Å². The second-order valence-electron chi connectivity index (χ2n) is 9.75. The van der Waals surface area contributed by atoms with Crippen LogP contribution in [0.25, 0.3) is 0 Å². The van der Waals surface area contributed by atoms with Crippen LogP contribution in [0.4, 0.5) is 0 Å². The Kier molecular flexibility index (Phi) is 44.0. The summed E-state index contributed by atoms with van der Waals surface area (Å²) in [6.07, 6.45) is 11.2. The number of ether oxygens (including phenoxy) is 2. The van der Waals surface area contributed by atoms with Crippen molar-refractivity contribution in [1.82, 2.24) is 5.32 Å². The van der Waals surface area contributed by atoms with Crippen molar-refractivity contribution in [2.24, 2.45) is 23.3 Å². The number of nitrogens with two attached hydrogens (primary N) is 2. The predicted octanol–water partition coefficient (Wildman–Crippen LogP) is 5.50. The lowest BCUT2D eigenvalue weighted by Gasteiger charge is -2.06. The summed E-state index contributed by atoms with van der Waals surface area (Å²) in [4.78, 5) is 17.4. The summed E-state index contributed by atoms with van der Waals surface area (Å²) in [5.74, 6) is 1.92. The number of carbonyl (C=O) groups excluding carboxylic acids is 2. The monoisotopic (exact) mass is 505 g/mol. The molecule has 35 heavy (non-hydrogen) atoms. The van der Waals surface area contributed by atoms with E-state index in [-0.39, 0.29) is 18.7 Å². The van der Waals surface area contributed by atoms with Gasteiger partial charge in [0.05, 0.1) is 19.9 Å². The van der Waals surface area contributed by atoms with Crippen molar-refractivity contribution in [2.75, 3.05) is 39.6 Å². The number of nitrogens with one attached hydrogen (secondary N) is 1. The van der Waals surface area contributed by atoms with E-state index in [9.17, 15) is 4.79 Å². The van der Waals surface area contributed by atoms with Crippen molar-refractivity contribution in [3.8, 4) is 0 Å². The van der Waals surface area contributed by atoms with Crippen molar-refractivity contribution in [1.29, 1.82) is 0 Å². The van der Waals surface area contributed by atoms with E-state index in [1.54, 1.807) is 0 Å². The van der Waals surface area contributed by atoms with E-state index < -0.39 is 0 Å². The zero-order valence-electron chi connectivity index (χ0n) is 23.6. The van der Waals surface area contributed by atoms with Gasteiger partial charge < -0.3 is 30.5 Å². The van der Waals surface area contributed by atoms with Gasteiger partial charge in [0.25, 0.3) is 0 Å². The van der Waals surface area contributed by atoms with Gasteiger partial charge in [0.15, 0.2) is 0 Å². The Morgan fingerprint density at radius 3 is 2.00 bits per heavy atom. The smallest absolute Gasteiger partial charge is 0.126 e. The van der Waals surface area contributed by atoms with E-state index in [0.717, 1.165) is 31.5 Å². The van der Waals surface area contributed by atoms with E-state index in [2.05, 4.69) is 25.7 Å². The number of rotatable bonds is 15. The van der Waals surface area contributed by atoms with Crippen molar-refractivity contribution in [3.63, 3.8) is 0 Å². The van der Waals surface area contributed by atoms with Gasteiger partial charge in [-0.1, -0.05) is 53.0 Å². The minimum Gasteiger partial charge on any atom is -0.379 e. The van der Waals surface area contributed by atoms with Gasteiger partial charge in [-0.05, 0) is 72.3 Å². The van der Waals surface area contributed by atoms with Gasteiger partial charge in [-0.2, -0.15) is 0 Å². The number of hydrogen-bond donors (Lipinski definition) is 3. The molecule has 214 valence electrons. The van der Waals surface area contributed by atoms with E-state index in [1.165, 1.54) is 58.8 Å². The Morgan fingerprint density at radius 1 is 1.11 bits per heavy atom. The van der Waals surface area contributed by atoms with Gasteiger partial charge >= 0.3 is 0 Å². The topological polar surface area (TPSA) is 117 Å². The number of Topliss-reactive ketones (excluding diaryl/α,β-unsaturated/α-hetero) is 1. The van der Waals surface area contributed by atoms with Crippen LogP contribution in [-0.4, -0.2) is 57.8 Å². The molecule has 5 N–H and O–H groups in total. The molecule has 0 aliphatic heterocycles.